The molecule has 1 aromatic carbocycles. The van der Waals surface area contributed by atoms with Crippen molar-refractivity contribution in [1.82, 2.24) is 4.90 Å². The van der Waals surface area contributed by atoms with Crippen LogP contribution in [0.15, 0.2) is 30.3 Å². The van der Waals surface area contributed by atoms with E-state index < -0.39 is 0 Å². The number of ether oxygens (including phenoxy) is 3. The molecule has 0 fully saturated rings. The van der Waals surface area contributed by atoms with Gasteiger partial charge in [0.05, 0.1) is 26.2 Å². The van der Waals surface area contributed by atoms with Gasteiger partial charge in [-0.3, -0.25) is 9.59 Å². The van der Waals surface area contributed by atoms with Crippen molar-refractivity contribution >= 4 is 18.0 Å². The standard InChI is InChI=1S/C20H29NO5/c1-4-15-26-18-9-7-6-8-17(18)10-11-19(22)21(14-16-24-3)13-12-20(23)25-5-2/h6-11H,4-5,12-16H2,1-3H3/b11-10+. The summed E-state index contributed by atoms with van der Waals surface area (Å²) in [7, 11) is 1.57. The van der Waals surface area contributed by atoms with E-state index in [4.69, 9.17) is 14.2 Å². The number of rotatable bonds is 12. The van der Waals surface area contributed by atoms with Gasteiger partial charge in [-0.2, -0.15) is 0 Å². The highest BCUT2D eigenvalue weighted by Crippen LogP contribution is 2.19. The van der Waals surface area contributed by atoms with Crippen molar-refractivity contribution in [2.45, 2.75) is 26.7 Å². The van der Waals surface area contributed by atoms with Gasteiger partial charge in [-0.25, -0.2) is 0 Å². The molecule has 0 bridgehead atoms. The molecule has 6 nitrogen and oxygen atoms in total. The minimum atomic E-state index is -0.315. The van der Waals surface area contributed by atoms with Crippen LogP contribution in [0.5, 0.6) is 5.75 Å². The Morgan fingerprint density at radius 1 is 1.12 bits per heavy atom. The average molecular weight is 363 g/mol. The quantitative estimate of drug-likeness (QED) is 0.422. The summed E-state index contributed by atoms with van der Waals surface area (Å²) < 4.78 is 15.7. The summed E-state index contributed by atoms with van der Waals surface area (Å²) in [5.74, 6) is 0.245. The summed E-state index contributed by atoms with van der Waals surface area (Å²) in [4.78, 5) is 25.6. The Hall–Kier alpha value is -2.34. The molecule has 0 aliphatic heterocycles. The zero-order valence-corrected chi connectivity index (χ0v) is 15.9. The van der Waals surface area contributed by atoms with E-state index in [1.165, 1.54) is 6.08 Å². The lowest BCUT2D eigenvalue weighted by molar-refractivity contribution is -0.143. The molecule has 0 aliphatic rings. The second kappa shape index (κ2) is 12.9. The zero-order chi connectivity index (χ0) is 19.2. The maximum atomic E-state index is 12.5. The molecule has 6 heteroatoms. The van der Waals surface area contributed by atoms with Crippen LogP contribution in [0.2, 0.25) is 0 Å². The molecule has 0 saturated heterocycles. The Morgan fingerprint density at radius 3 is 2.58 bits per heavy atom. The summed E-state index contributed by atoms with van der Waals surface area (Å²) >= 11 is 0. The third kappa shape index (κ3) is 8.16. The number of hydrogen-bond donors (Lipinski definition) is 0. The third-order valence-corrected chi connectivity index (χ3v) is 3.55. The van der Waals surface area contributed by atoms with Gasteiger partial charge in [0.25, 0.3) is 0 Å². The molecule has 1 aromatic rings. The molecule has 0 unspecified atom stereocenters. The lowest BCUT2D eigenvalue weighted by Gasteiger charge is -2.20. The van der Waals surface area contributed by atoms with E-state index in [1.807, 2.05) is 31.2 Å². The Bertz CT molecular complexity index is 585. The predicted octanol–water partition coefficient (Wildman–Crippen LogP) is 2.92. The Kier molecular flexibility index (Phi) is 10.8. The highest BCUT2D eigenvalue weighted by Gasteiger charge is 2.13. The zero-order valence-electron chi connectivity index (χ0n) is 15.9. The second-order valence-electron chi connectivity index (χ2n) is 5.59. The van der Waals surface area contributed by atoms with Gasteiger partial charge in [-0.1, -0.05) is 25.1 Å². The summed E-state index contributed by atoms with van der Waals surface area (Å²) in [6.45, 7) is 5.86. The number of benzene rings is 1. The van der Waals surface area contributed by atoms with Crippen LogP contribution < -0.4 is 4.74 Å². The van der Waals surface area contributed by atoms with Crippen LogP contribution in [0, 0.1) is 0 Å². The summed E-state index contributed by atoms with van der Waals surface area (Å²) in [5.41, 5.74) is 0.839. The minimum absolute atomic E-state index is 0.160. The average Bonchev–Trinajstić information content (AvgIpc) is 2.65. The molecule has 144 valence electrons. The van der Waals surface area contributed by atoms with Crippen molar-refractivity contribution in [1.29, 1.82) is 0 Å². The number of carbonyl (C=O) groups is 2. The first kappa shape index (κ1) is 21.7. The van der Waals surface area contributed by atoms with Gasteiger partial charge >= 0.3 is 5.97 Å². The van der Waals surface area contributed by atoms with Gasteiger partial charge in [0.15, 0.2) is 0 Å². The summed E-state index contributed by atoms with van der Waals surface area (Å²) in [6.07, 6.45) is 4.30. The fourth-order valence-corrected chi connectivity index (χ4v) is 2.22. The van der Waals surface area contributed by atoms with E-state index in [0.717, 1.165) is 17.7 Å². The van der Waals surface area contributed by atoms with Gasteiger partial charge in [-0.15, -0.1) is 0 Å². The Labute approximate surface area is 155 Å². The molecular weight excluding hydrogens is 334 g/mol. The Morgan fingerprint density at radius 2 is 1.88 bits per heavy atom. The van der Waals surface area contributed by atoms with Crippen molar-refractivity contribution in [3.05, 3.63) is 35.9 Å². The van der Waals surface area contributed by atoms with Crippen molar-refractivity contribution in [3.63, 3.8) is 0 Å². The topological polar surface area (TPSA) is 65.1 Å². The SMILES string of the molecule is CCCOc1ccccc1/C=C/C(=O)N(CCOC)CCC(=O)OCC. The van der Waals surface area contributed by atoms with E-state index in [0.29, 0.717) is 32.9 Å². The number of amides is 1. The van der Waals surface area contributed by atoms with E-state index in [2.05, 4.69) is 0 Å². The van der Waals surface area contributed by atoms with Crippen LogP contribution in [0.25, 0.3) is 6.08 Å². The minimum Gasteiger partial charge on any atom is -0.493 e. The fourth-order valence-electron chi connectivity index (χ4n) is 2.22. The van der Waals surface area contributed by atoms with Gasteiger partial charge in [0.2, 0.25) is 5.91 Å². The predicted molar refractivity (Wildman–Crippen MR) is 101 cm³/mol. The molecular formula is C20H29NO5. The molecule has 0 N–H and O–H groups in total. The van der Waals surface area contributed by atoms with Crippen LogP contribution in [0.1, 0.15) is 32.3 Å². The lowest BCUT2D eigenvalue weighted by Crippen LogP contribution is -2.34. The lowest BCUT2D eigenvalue weighted by atomic mass is 10.2. The molecule has 1 rings (SSSR count). The third-order valence-electron chi connectivity index (χ3n) is 3.55. The highest BCUT2D eigenvalue weighted by molar-refractivity contribution is 5.92. The number of para-hydroxylation sites is 1. The molecule has 0 aromatic heterocycles. The van der Waals surface area contributed by atoms with Crippen molar-refractivity contribution in [2.24, 2.45) is 0 Å². The van der Waals surface area contributed by atoms with E-state index in [1.54, 1.807) is 25.0 Å². The van der Waals surface area contributed by atoms with Gasteiger partial charge in [0.1, 0.15) is 5.75 Å². The number of nitrogens with zero attached hydrogens (tertiary/aromatic N) is 1. The maximum Gasteiger partial charge on any atom is 0.307 e. The van der Waals surface area contributed by atoms with Crippen LogP contribution in [0.3, 0.4) is 0 Å². The van der Waals surface area contributed by atoms with Gasteiger partial charge < -0.3 is 19.1 Å². The first-order valence-corrected chi connectivity index (χ1v) is 8.95. The normalized spacial score (nSPS) is 10.7. The first-order chi connectivity index (χ1) is 12.6. The molecule has 0 heterocycles. The molecule has 0 radical (unpaired) electrons. The molecule has 0 saturated carbocycles. The van der Waals surface area contributed by atoms with Crippen LogP contribution in [-0.4, -0.2) is 56.8 Å². The van der Waals surface area contributed by atoms with E-state index in [9.17, 15) is 9.59 Å². The smallest absolute Gasteiger partial charge is 0.307 e. The highest BCUT2D eigenvalue weighted by atomic mass is 16.5. The Balaban J connectivity index is 2.75. The van der Waals surface area contributed by atoms with Crippen molar-refractivity contribution in [3.8, 4) is 5.75 Å². The van der Waals surface area contributed by atoms with Crippen molar-refractivity contribution in [2.75, 3.05) is 40.0 Å². The monoisotopic (exact) mass is 363 g/mol. The molecule has 0 aliphatic carbocycles. The van der Waals surface area contributed by atoms with E-state index in [-0.39, 0.29) is 18.3 Å². The number of carbonyl (C=O) groups excluding carboxylic acids is 2. The van der Waals surface area contributed by atoms with Crippen LogP contribution >= 0.6 is 0 Å². The molecule has 26 heavy (non-hydrogen) atoms. The largest absolute Gasteiger partial charge is 0.493 e. The number of methoxy groups -OCH3 is 1. The van der Waals surface area contributed by atoms with Crippen LogP contribution in [-0.2, 0) is 19.1 Å². The van der Waals surface area contributed by atoms with Gasteiger partial charge in [-0.05, 0) is 25.5 Å². The van der Waals surface area contributed by atoms with E-state index >= 15 is 0 Å². The number of hydrogen-bond acceptors (Lipinski definition) is 5. The number of esters is 1. The molecule has 0 spiro atoms. The first-order valence-electron chi connectivity index (χ1n) is 8.95. The summed E-state index contributed by atoms with van der Waals surface area (Å²) in [6, 6.07) is 7.57. The van der Waals surface area contributed by atoms with Crippen molar-refractivity contribution < 1.29 is 23.8 Å². The molecule has 1 amide bonds. The fraction of sp³-hybridized carbons (Fsp3) is 0.500. The maximum absolute atomic E-state index is 12.5. The summed E-state index contributed by atoms with van der Waals surface area (Å²) in [5, 5.41) is 0. The van der Waals surface area contributed by atoms with Crippen LogP contribution in [0.4, 0.5) is 0 Å². The second-order valence-corrected chi connectivity index (χ2v) is 5.59. The molecule has 0 atom stereocenters. The van der Waals surface area contributed by atoms with Gasteiger partial charge in [0, 0.05) is 31.8 Å².